The van der Waals surface area contributed by atoms with Crippen LogP contribution in [0.4, 0.5) is 0 Å². The minimum atomic E-state index is -0.559. The van der Waals surface area contributed by atoms with Gasteiger partial charge >= 0.3 is 0 Å². The van der Waals surface area contributed by atoms with Crippen LogP contribution in [-0.2, 0) is 4.52 Å². The van der Waals surface area contributed by atoms with Crippen LogP contribution in [0.3, 0.4) is 0 Å². The molecule has 2 fully saturated rings. The molecule has 2 rings (SSSR count). The second-order valence-electron chi connectivity index (χ2n) is 4.32. The average Bonchev–Trinajstić information content (AvgIpc) is 2.97. The summed E-state index contributed by atoms with van der Waals surface area (Å²) in [5.41, 5.74) is 0. The molecule has 0 N–H and O–H groups in total. The van der Waals surface area contributed by atoms with Crippen molar-refractivity contribution in [2.75, 3.05) is 32.8 Å². The molecule has 2 heterocycles. The van der Waals surface area contributed by atoms with Crippen molar-refractivity contribution in [2.45, 2.75) is 32.1 Å². The maximum atomic E-state index is 8.56. The van der Waals surface area contributed by atoms with Gasteiger partial charge in [-0.05, 0) is 25.7 Å². The molecule has 0 bridgehead atoms. The number of nitrogens with zero attached hydrogens (tertiary/aromatic N) is 3. The summed E-state index contributed by atoms with van der Waals surface area (Å²) in [5, 5.41) is 8.56. The normalized spacial score (nSPS) is 23.0. The predicted octanol–water partition coefficient (Wildman–Crippen LogP) is 2.34. The van der Waals surface area contributed by atoms with Crippen LogP contribution in [0, 0.1) is 11.3 Å². The Balaban J connectivity index is 1.86. The molecule has 4 nitrogen and oxygen atoms in total. The van der Waals surface area contributed by atoms with Gasteiger partial charge in [-0.25, -0.2) is 9.34 Å². The Hall–Kier alpha value is -0.200. The molecule has 0 saturated carbocycles. The zero-order chi connectivity index (χ0) is 11.2. The minimum absolute atomic E-state index is 0.514. The van der Waals surface area contributed by atoms with Crippen molar-refractivity contribution in [2.24, 2.45) is 0 Å². The van der Waals surface area contributed by atoms with Gasteiger partial charge in [0, 0.05) is 26.2 Å². The van der Waals surface area contributed by atoms with E-state index < -0.39 is 8.45 Å². The second kappa shape index (κ2) is 6.51. The molecule has 0 atom stereocenters. The van der Waals surface area contributed by atoms with Crippen molar-refractivity contribution < 1.29 is 4.52 Å². The van der Waals surface area contributed by atoms with Crippen LogP contribution in [-0.4, -0.2) is 42.1 Å². The first kappa shape index (κ1) is 12.3. The Kier molecular flexibility index (Phi) is 4.99. The van der Waals surface area contributed by atoms with E-state index >= 15 is 0 Å². The maximum absolute atomic E-state index is 8.56. The molecular formula is C11H20N3OP. The maximum Gasteiger partial charge on any atom is 0.187 e. The van der Waals surface area contributed by atoms with Gasteiger partial charge < -0.3 is 4.52 Å². The Bertz CT molecular complexity index is 228. The lowest BCUT2D eigenvalue weighted by Gasteiger charge is -2.33. The van der Waals surface area contributed by atoms with Crippen molar-refractivity contribution in [1.29, 1.82) is 5.26 Å². The molecule has 90 valence electrons. The van der Waals surface area contributed by atoms with Gasteiger partial charge in [0.05, 0.1) is 19.1 Å². The van der Waals surface area contributed by atoms with Crippen LogP contribution < -0.4 is 0 Å². The van der Waals surface area contributed by atoms with E-state index in [1.54, 1.807) is 0 Å². The third kappa shape index (κ3) is 3.15. The van der Waals surface area contributed by atoms with Gasteiger partial charge in [-0.3, -0.25) is 0 Å². The Morgan fingerprint density at radius 3 is 1.94 bits per heavy atom. The fourth-order valence-electron chi connectivity index (χ4n) is 2.26. The fourth-order valence-corrected chi connectivity index (χ4v) is 4.45. The highest BCUT2D eigenvalue weighted by Gasteiger charge is 2.30. The number of hydrogen-bond acceptors (Lipinski definition) is 4. The van der Waals surface area contributed by atoms with E-state index in [0.717, 1.165) is 0 Å². The SMILES string of the molecule is N#CCCOP(N1CCCC1)N1CCCC1. The van der Waals surface area contributed by atoms with Gasteiger partial charge in [0.25, 0.3) is 0 Å². The highest BCUT2D eigenvalue weighted by atomic mass is 31.2. The minimum Gasteiger partial charge on any atom is -0.330 e. The lowest BCUT2D eigenvalue weighted by molar-refractivity contribution is 0.284. The molecule has 0 radical (unpaired) electrons. The third-order valence-corrected chi connectivity index (χ3v) is 5.25. The van der Waals surface area contributed by atoms with Crippen molar-refractivity contribution >= 4 is 8.45 Å². The van der Waals surface area contributed by atoms with Gasteiger partial charge in [0.15, 0.2) is 8.45 Å². The van der Waals surface area contributed by atoms with Crippen LogP contribution >= 0.6 is 8.45 Å². The van der Waals surface area contributed by atoms with Gasteiger partial charge in [0.2, 0.25) is 0 Å². The molecule has 0 unspecified atom stereocenters. The van der Waals surface area contributed by atoms with E-state index in [-0.39, 0.29) is 0 Å². The summed E-state index contributed by atoms with van der Waals surface area (Å²) < 4.78 is 10.9. The lowest BCUT2D eigenvalue weighted by Crippen LogP contribution is -2.26. The smallest absolute Gasteiger partial charge is 0.187 e. The van der Waals surface area contributed by atoms with E-state index in [4.69, 9.17) is 9.79 Å². The van der Waals surface area contributed by atoms with E-state index in [1.165, 1.54) is 51.9 Å². The number of hydrogen-bond donors (Lipinski definition) is 0. The molecule has 2 aliphatic heterocycles. The van der Waals surface area contributed by atoms with Gasteiger partial charge in [-0.2, -0.15) is 5.26 Å². The molecule has 2 saturated heterocycles. The zero-order valence-electron chi connectivity index (χ0n) is 9.77. The summed E-state index contributed by atoms with van der Waals surface area (Å²) in [6, 6.07) is 2.15. The molecule has 0 aromatic heterocycles. The first-order valence-corrected chi connectivity index (χ1v) is 7.38. The molecule has 0 aliphatic carbocycles. The molecule has 16 heavy (non-hydrogen) atoms. The molecule has 0 spiro atoms. The standard InChI is InChI=1S/C11H20N3OP/c12-6-5-11-15-16(13-7-1-2-8-13)14-9-3-4-10-14/h1-5,7-11H2. The monoisotopic (exact) mass is 241 g/mol. The summed E-state index contributed by atoms with van der Waals surface area (Å²) in [7, 11) is -0.559. The lowest BCUT2D eigenvalue weighted by atomic mass is 10.4. The largest absolute Gasteiger partial charge is 0.330 e. The Labute approximate surface area is 99.1 Å². The molecule has 2 aliphatic rings. The van der Waals surface area contributed by atoms with E-state index in [9.17, 15) is 0 Å². The average molecular weight is 241 g/mol. The highest BCUT2D eigenvalue weighted by Crippen LogP contribution is 2.48. The number of nitriles is 1. The van der Waals surface area contributed by atoms with Crippen molar-refractivity contribution in [3.8, 4) is 6.07 Å². The molecule has 0 aromatic rings. The molecular weight excluding hydrogens is 221 g/mol. The van der Waals surface area contributed by atoms with Crippen LogP contribution in [0.5, 0.6) is 0 Å². The number of rotatable bonds is 5. The summed E-state index contributed by atoms with van der Waals surface area (Å²) >= 11 is 0. The predicted molar refractivity (Wildman–Crippen MR) is 64.7 cm³/mol. The molecule has 5 heteroatoms. The summed E-state index contributed by atoms with van der Waals surface area (Å²) in [6.45, 7) is 5.29. The van der Waals surface area contributed by atoms with Crippen LogP contribution in [0.25, 0.3) is 0 Å². The Morgan fingerprint density at radius 2 is 1.50 bits per heavy atom. The second-order valence-corrected chi connectivity index (χ2v) is 6.21. The Morgan fingerprint density at radius 1 is 1.00 bits per heavy atom. The van der Waals surface area contributed by atoms with E-state index in [1.807, 2.05) is 0 Å². The third-order valence-electron chi connectivity index (χ3n) is 3.07. The highest BCUT2D eigenvalue weighted by molar-refractivity contribution is 7.47. The van der Waals surface area contributed by atoms with Crippen LogP contribution in [0.15, 0.2) is 0 Å². The summed E-state index contributed by atoms with van der Waals surface area (Å²) in [6.07, 6.45) is 5.71. The molecule has 0 amide bonds. The first-order chi connectivity index (χ1) is 7.92. The van der Waals surface area contributed by atoms with E-state index in [2.05, 4.69) is 15.4 Å². The first-order valence-electron chi connectivity index (χ1n) is 6.21. The summed E-state index contributed by atoms with van der Waals surface area (Å²) in [4.78, 5) is 0. The zero-order valence-corrected chi connectivity index (χ0v) is 10.7. The van der Waals surface area contributed by atoms with Gasteiger partial charge in [-0.1, -0.05) is 0 Å². The van der Waals surface area contributed by atoms with Crippen molar-refractivity contribution in [3.63, 3.8) is 0 Å². The van der Waals surface area contributed by atoms with Gasteiger partial charge in [0.1, 0.15) is 0 Å². The fraction of sp³-hybridized carbons (Fsp3) is 0.909. The topological polar surface area (TPSA) is 39.5 Å². The van der Waals surface area contributed by atoms with Crippen LogP contribution in [0.2, 0.25) is 0 Å². The van der Waals surface area contributed by atoms with Gasteiger partial charge in [-0.15, -0.1) is 0 Å². The molecule has 0 aromatic carbocycles. The van der Waals surface area contributed by atoms with Crippen molar-refractivity contribution in [3.05, 3.63) is 0 Å². The van der Waals surface area contributed by atoms with E-state index in [0.29, 0.717) is 13.0 Å². The van der Waals surface area contributed by atoms with Crippen LogP contribution in [0.1, 0.15) is 32.1 Å². The van der Waals surface area contributed by atoms with Crippen molar-refractivity contribution in [1.82, 2.24) is 9.34 Å². The summed E-state index contributed by atoms with van der Waals surface area (Å²) in [5.74, 6) is 0. The quantitative estimate of drug-likeness (QED) is 0.547.